The molecule has 1 atom stereocenters. The fourth-order valence-corrected chi connectivity index (χ4v) is 0.602. The van der Waals surface area contributed by atoms with Crippen molar-refractivity contribution in [1.82, 2.24) is 5.43 Å². The number of nitrogens with zero attached hydrogens (tertiary/aromatic N) is 1. The minimum atomic E-state index is -1.52. The normalized spacial score (nSPS) is 23.1. The highest BCUT2D eigenvalue weighted by molar-refractivity contribution is 6.62. The molecule has 0 aromatic heterocycles. The highest BCUT2D eigenvalue weighted by atomic mass is 16.4. The Bertz CT molecular complexity index is 257. The van der Waals surface area contributed by atoms with Crippen LogP contribution in [-0.2, 0) is 14.4 Å². The zero-order chi connectivity index (χ0) is 8.43. The number of hydrazone groups is 1. The highest BCUT2D eigenvalue weighted by Gasteiger charge is 2.32. The summed E-state index contributed by atoms with van der Waals surface area (Å²) >= 11 is 0. The number of carboxylic acids is 1. The zero-order valence-electron chi connectivity index (χ0n) is 5.27. The maximum atomic E-state index is 10.7. The molecule has 11 heavy (non-hydrogen) atoms. The largest absolute Gasteiger partial charge is 0.479 e. The lowest BCUT2D eigenvalue weighted by Gasteiger charge is -2.11. The van der Waals surface area contributed by atoms with E-state index in [0.717, 1.165) is 6.21 Å². The Kier molecular flexibility index (Phi) is 1.67. The zero-order valence-corrected chi connectivity index (χ0v) is 5.27. The Morgan fingerprint density at radius 3 is 2.73 bits per heavy atom. The lowest BCUT2D eigenvalue weighted by atomic mass is 10.1. The fourth-order valence-electron chi connectivity index (χ4n) is 0.602. The van der Waals surface area contributed by atoms with E-state index in [-0.39, 0.29) is 0 Å². The van der Waals surface area contributed by atoms with Gasteiger partial charge in [-0.25, -0.2) is 4.79 Å². The van der Waals surface area contributed by atoms with E-state index in [2.05, 4.69) is 5.10 Å². The summed E-state index contributed by atoms with van der Waals surface area (Å²) in [6, 6.07) is -1.52. The molecule has 0 amide bonds. The van der Waals surface area contributed by atoms with Crippen LogP contribution in [0.1, 0.15) is 0 Å². The molecule has 0 aromatic rings. The Morgan fingerprint density at radius 1 is 1.64 bits per heavy atom. The summed E-state index contributed by atoms with van der Waals surface area (Å²) in [5.74, 6) is -3.29. The van der Waals surface area contributed by atoms with Crippen molar-refractivity contribution in [3.63, 3.8) is 0 Å². The average Bonchev–Trinajstić information content (AvgIpc) is 1.94. The number of nitrogens with one attached hydrogen (secondary N) is 1. The smallest absolute Gasteiger partial charge is 0.336 e. The molecule has 1 aliphatic rings. The van der Waals surface area contributed by atoms with Gasteiger partial charge in [-0.15, -0.1) is 0 Å². The summed E-state index contributed by atoms with van der Waals surface area (Å²) < 4.78 is 0. The van der Waals surface area contributed by atoms with Gasteiger partial charge in [-0.1, -0.05) is 0 Å². The van der Waals surface area contributed by atoms with Gasteiger partial charge < -0.3 is 5.11 Å². The predicted molar refractivity (Wildman–Crippen MR) is 33.1 cm³/mol. The summed E-state index contributed by atoms with van der Waals surface area (Å²) in [5.41, 5.74) is 2.00. The third kappa shape index (κ3) is 1.23. The van der Waals surface area contributed by atoms with Crippen LogP contribution in [0.25, 0.3) is 0 Å². The van der Waals surface area contributed by atoms with Gasteiger partial charge in [0.15, 0.2) is 0 Å². The fraction of sp³-hybridized carbons (Fsp3) is 0.200. The molecule has 1 aliphatic heterocycles. The number of carbonyl (C=O) groups excluding carboxylic acids is 2. The van der Waals surface area contributed by atoms with E-state index in [4.69, 9.17) is 5.11 Å². The number of hydrogen-bond acceptors (Lipinski definition) is 5. The van der Waals surface area contributed by atoms with E-state index in [0.29, 0.717) is 0 Å². The van der Waals surface area contributed by atoms with Crippen molar-refractivity contribution in [3.8, 4) is 0 Å². The third-order valence-electron chi connectivity index (χ3n) is 1.14. The molecule has 0 aliphatic carbocycles. The van der Waals surface area contributed by atoms with E-state index in [1.54, 1.807) is 0 Å². The topological polar surface area (TPSA) is 95.8 Å². The van der Waals surface area contributed by atoms with Crippen LogP contribution in [-0.4, -0.2) is 34.9 Å². The van der Waals surface area contributed by atoms with Crippen LogP contribution in [0.3, 0.4) is 0 Å². The van der Waals surface area contributed by atoms with Gasteiger partial charge in [0, 0.05) is 0 Å². The van der Waals surface area contributed by atoms with Crippen LogP contribution < -0.4 is 5.43 Å². The second-order valence-corrected chi connectivity index (χ2v) is 1.89. The van der Waals surface area contributed by atoms with Crippen molar-refractivity contribution >= 4 is 23.8 Å². The molecule has 2 N–H and O–H groups in total. The standard InChI is InChI=1S/C5H4N2O4/c8-2-1-6-7-3(4(2)9)5(10)11/h1,3,7H,(H,10,11). The molecule has 1 unspecified atom stereocenters. The Morgan fingerprint density at radius 2 is 2.27 bits per heavy atom. The van der Waals surface area contributed by atoms with E-state index in [1.807, 2.05) is 5.43 Å². The predicted octanol–water partition coefficient (Wildman–Crippen LogP) is -1.83. The monoisotopic (exact) mass is 156 g/mol. The molecular formula is C5H4N2O4. The summed E-state index contributed by atoms with van der Waals surface area (Å²) in [4.78, 5) is 31.4. The quantitative estimate of drug-likeness (QED) is 0.343. The molecule has 6 nitrogen and oxygen atoms in total. The average molecular weight is 156 g/mol. The molecule has 1 rings (SSSR count). The van der Waals surface area contributed by atoms with Crippen molar-refractivity contribution in [3.05, 3.63) is 0 Å². The number of Topliss-reactive ketones (excluding diaryl/α,β-unsaturated/α-hetero) is 2. The van der Waals surface area contributed by atoms with Crippen LogP contribution >= 0.6 is 0 Å². The Balaban J connectivity index is 2.87. The van der Waals surface area contributed by atoms with Gasteiger partial charge in [0.2, 0.25) is 17.6 Å². The van der Waals surface area contributed by atoms with Crippen molar-refractivity contribution in [2.24, 2.45) is 5.10 Å². The van der Waals surface area contributed by atoms with Gasteiger partial charge in [-0.3, -0.25) is 15.0 Å². The van der Waals surface area contributed by atoms with Gasteiger partial charge >= 0.3 is 5.97 Å². The van der Waals surface area contributed by atoms with Gasteiger partial charge in [0.25, 0.3) is 0 Å². The maximum Gasteiger partial charge on any atom is 0.336 e. The maximum absolute atomic E-state index is 10.7. The number of carbonyl (C=O) groups is 3. The van der Waals surface area contributed by atoms with Gasteiger partial charge in [-0.05, 0) is 0 Å². The highest BCUT2D eigenvalue weighted by Crippen LogP contribution is 1.92. The molecule has 0 saturated heterocycles. The summed E-state index contributed by atoms with van der Waals surface area (Å²) in [6.07, 6.45) is 0.752. The van der Waals surface area contributed by atoms with Crippen molar-refractivity contribution < 1.29 is 19.5 Å². The molecule has 0 spiro atoms. The van der Waals surface area contributed by atoms with Crippen molar-refractivity contribution in [1.29, 1.82) is 0 Å². The van der Waals surface area contributed by atoms with Crippen LogP contribution in [0.5, 0.6) is 0 Å². The molecule has 0 bridgehead atoms. The van der Waals surface area contributed by atoms with Crippen LogP contribution in [0, 0.1) is 0 Å². The molecule has 0 saturated carbocycles. The van der Waals surface area contributed by atoms with E-state index in [1.165, 1.54) is 0 Å². The summed E-state index contributed by atoms with van der Waals surface area (Å²) in [6.45, 7) is 0. The summed E-state index contributed by atoms with van der Waals surface area (Å²) in [5, 5.41) is 11.5. The summed E-state index contributed by atoms with van der Waals surface area (Å²) in [7, 11) is 0. The number of rotatable bonds is 1. The molecule has 1 heterocycles. The Labute approximate surface area is 60.9 Å². The first-order valence-corrected chi connectivity index (χ1v) is 2.72. The molecule has 0 aromatic carbocycles. The van der Waals surface area contributed by atoms with E-state index >= 15 is 0 Å². The lowest BCUT2D eigenvalue weighted by Crippen LogP contribution is -2.48. The minimum Gasteiger partial charge on any atom is -0.479 e. The number of aliphatic carboxylic acids is 1. The number of carboxylic acid groups (broad SMARTS) is 1. The van der Waals surface area contributed by atoms with Crippen molar-refractivity contribution in [2.75, 3.05) is 0 Å². The van der Waals surface area contributed by atoms with E-state index < -0.39 is 23.6 Å². The SMILES string of the molecule is O=C1C=NNC(C(=O)O)C1=O. The molecule has 0 radical (unpaired) electrons. The van der Waals surface area contributed by atoms with Crippen LogP contribution in [0.2, 0.25) is 0 Å². The van der Waals surface area contributed by atoms with E-state index in [9.17, 15) is 14.4 Å². The third-order valence-corrected chi connectivity index (χ3v) is 1.14. The molecule has 0 fully saturated rings. The van der Waals surface area contributed by atoms with Crippen LogP contribution in [0.15, 0.2) is 5.10 Å². The van der Waals surface area contributed by atoms with Crippen LogP contribution in [0.4, 0.5) is 0 Å². The number of ketones is 2. The second kappa shape index (κ2) is 2.49. The second-order valence-electron chi connectivity index (χ2n) is 1.89. The Hall–Kier alpha value is -1.72. The van der Waals surface area contributed by atoms with Gasteiger partial charge in [0.05, 0.1) is 6.21 Å². The first-order valence-electron chi connectivity index (χ1n) is 2.72. The first kappa shape index (κ1) is 7.39. The first-order chi connectivity index (χ1) is 5.13. The molecular weight excluding hydrogens is 152 g/mol. The number of hydrogen-bond donors (Lipinski definition) is 2. The lowest BCUT2D eigenvalue weighted by molar-refractivity contribution is -0.146. The van der Waals surface area contributed by atoms with Crippen molar-refractivity contribution in [2.45, 2.75) is 6.04 Å². The minimum absolute atomic E-state index is 0.752. The molecule has 6 heteroatoms. The molecule has 58 valence electrons. The van der Waals surface area contributed by atoms with Gasteiger partial charge in [0.1, 0.15) is 0 Å². The van der Waals surface area contributed by atoms with Gasteiger partial charge in [-0.2, -0.15) is 5.10 Å².